The van der Waals surface area contributed by atoms with E-state index in [1.165, 1.54) is 0 Å². The van der Waals surface area contributed by atoms with Gasteiger partial charge in [0, 0.05) is 48.6 Å². The van der Waals surface area contributed by atoms with Crippen molar-refractivity contribution in [3.8, 4) is 0 Å². The van der Waals surface area contributed by atoms with Gasteiger partial charge in [0.25, 0.3) is 0 Å². The smallest absolute Gasteiger partial charge is 0.380 e. The summed E-state index contributed by atoms with van der Waals surface area (Å²) in [4.78, 5) is 95.0. The van der Waals surface area contributed by atoms with Crippen LogP contribution in [0.3, 0.4) is 0 Å². The molecule has 0 saturated carbocycles. The fourth-order valence-electron chi connectivity index (χ4n) is 2.84. The molecule has 17 heteroatoms. The van der Waals surface area contributed by atoms with Crippen LogP contribution in [0.4, 0.5) is 0 Å². The molecule has 0 aliphatic rings. The molecule has 0 bridgehead atoms. The van der Waals surface area contributed by atoms with Gasteiger partial charge in [-0.1, -0.05) is 0 Å². The zero-order chi connectivity index (χ0) is 31.1. The average Bonchev–Trinajstić information content (AvgIpc) is 2.81. The maximum atomic E-state index is 12.8. The molecule has 40 heavy (non-hydrogen) atoms. The molecule has 0 radical (unpaired) electrons. The SMILES string of the molecule is CC(=O)OCC(COC(C)=O)(COC(C)=O)NC(=O)CNCC(=O)N(C)C(COC(C)=O)(OC(C)=O)OC(C)=O. The summed E-state index contributed by atoms with van der Waals surface area (Å²) >= 11 is 0. The van der Waals surface area contributed by atoms with Gasteiger partial charge in [0.1, 0.15) is 25.4 Å². The van der Waals surface area contributed by atoms with Crippen LogP contribution in [0.25, 0.3) is 0 Å². The summed E-state index contributed by atoms with van der Waals surface area (Å²) in [6.07, 6.45) is 0. The molecule has 226 valence electrons. The lowest BCUT2D eigenvalue weighted by Gasteiger charge is -2.38. The number of esters is 6. The van der Waals surface area contributed by atoms with Gasteiger partial charge >= 0.3 is 41.7 Å². The molecule has 0 aromatic heterocycles. The lowest BCUT2D eigenvalue weighted by atomic mass is 10.0. The van der Waals surface area contributed by atoms with Gasteiger partial charge in [-0.05, 0) is 0 Å². The molecular formula is C23H35N3O14. The van der Waals surface area contributed by atoms with E-state index in [4.69, 9.17) is 28.4 Å². The number of likely N-dealkylation sites (N-methyl/N-ethyl adjacent to an activating group) is 1. The second-order valence-electron chi connectivity index (χ2n) is 8.41. The minimum Gasteiger partial charge on any atom is -0.463 e. The predicted molar refractivity (Wildman–Crippen MR) is 129 cm³/mol. The van der Waals surface area contributed by atoms with E-state index in [-0.39, 0.29) is 0 Å². The third-order valence-electron chi connectivity index (χ3n) is 4.57. The van der Waals surface area contributed by atoms with Crippen LogP contribution in [0.15, 0.2) is 0 Å². The van der Waals surface area contributed by atoms with Crippen molar-refractivity contribution in [2.45, 2.75) is 53.0 Å². The Bertz CT molecular complexity index is 918. The van der Waals surface area contributed by atoms with E-state index in [0.29, 0.717) is 4.90 Å². The van der Waals surface area contributed by atoms with Crippen LogP contribution in [0.2, 0.25) is 0 Å². The molecule has 0 rings (SSSR count). The summed E-state index contributed by atoms with van der Waals surface area (Å²) in [7, 11) is 1.10. The summed E-state index contributed by atoms with van der Waals surface area (Å²) in [6, 6.07) is 0. The normalized spacial score (nSPS) is 10.9. The first-order valence-corrected chi connectivity index (χ1v) is 11.6. The molecule has 17 nitrogen and oxygen atoms in total. The zero-order valence-electron chi connectivity index (χ0n) is 23.4. The topological polar surface area (TPSA) is 219 Å². The van der Waals surface area contributed by atoms with Crippen molar-refractivity contribution in [1.29, 1.82) is 0 Å². The second-order valence-corrected chi connectivity index (χ2v) is 8.41. The Hall–Kier alpha value is -4.28. The van der Waals surface area contributed by atoms with Gasteiger partial charge in [0.15, 0.2) is 6.61 Å². The minimum atomic E-state index is -2.43. The monoisotopic (exact) mass is 577 g/mol. The van der Waals surface area contributed by atoms with E-state index in [0.717, 1.165) is 48.6 Å². The quantitative estimate of drug-likeness (QED) is 0.114. The first-order valence-electron chi connectivity index (χ1n) is 11.6. The van der Waals surface area contributed by atoms with Crippen LogP contribution in [0, 0.1) is 0 Å². The molecule has 0 fully saturated rings. The fraction of sp³-hybridized carbons (Fsp3) is 0.652. The highest BCUT2D eigenvalue weighted by atomic mass is 16.8. The fourth-order valence-corrected chi connectivity index (χ4v) is 2.84. The van der Waals surface area contributed by atoms with E-state index in [2.05, 4.69) is 10.6 Å². The second kappa shape index (κ2) is 16.6. The van der Waals surface area contributed by atoms with Gasteiger partial charge in [0.2, 0.25) is 11.8 Å². The Morgan fingerprint density at radius 1 is 0.575 bits per heavy atom. The highest BCUT2D eigenvalue weighted by molar-refractivity contribution is 5.82. The van der Waals surface area contributed by atoms with Crippen LogP contribution in [0.5, 0.6) is 0 Å². The Balaban J connectivity index is 5.63. The highest BCUT2D eigenvalue weighted by Gasteiger charge is 2.46. The Labute approximate surface area is 230 Å². The van der Waals surface area contributed by atoms with E-state index >= 15 is 0 Å². The number of hydrogen-bond acceptors (Lipinski definition) is 15. The van der Waals surface area contributed by atoms with Crippen molar-refractivity contribution >= 4 is 47.6 Å². The summed E-state index contributed by atoms with van der Waals surface area (Å²) in [5.74, 6) is -9.04. The van der Waals surface area contributed by atoms with Crippen molar-refractivity contribution in [3.63, 3.8) is 0 Å². The van der Waals surface area contributed by atoms with Crippen molar-refractivity contribution in [2.24, 2.45) is 0 Å². The molecule has 0 aliphatic heterocycles. The summed E-state index contributed by atoms with van der Waals surface area (Å²) in [5.41, 5.74) is -1.66. The van der Waals surface area contributed by atoms with Crippen LogP contribution in [-0.2, 0) is 66.8 Å². The number of nitrogens with one attached hydrogen (secondary N) is 2. The molecule has 2 amide bonds. The van der Waals surface area contributed by atoms with Gasteiger partial charge in [-0.25, -0.2) is 0 Å². The molecule has 0 heterocycles. The predicted octanol–water partition coefficient (Wildman–Crippen LogP) is -2.08. The van der Waals surface area contributed by atoms with Crippen molar-refractivity contribution in [1.82, 2.24) is 15.5 Å². The molecule has 0 unspecified atom stereocenters. The van der Waals surface area contributed by atoms with Gasteiger partial charge in [-0.3, -0.25) is 48.6 Å². The standard InChI is InChI=1S/C23H35N3O14/c1-14(27)35-10-22(11-36-15(2)28,12-37-16(3)29)25-20(33)8-24-9-21(34)26(7)23(39-18(5)31,40-19(6)32)13-38-17(4)30/h24H,8-13H2,1-7H3,(H,25,33). The first-order chi connectivity index (χ1) is 18.4. The molecule has 0 aromatic rings. The first kappa shape index (κ1) is 35.7. The summed E-state index contributed by atoms with van der Waals surface area (Å²) in [5, 5.41) is 4.97. The lowest BCUT2D eigenvalue weighted by molar-refractivity contribution is -0.289. The van der Waals surface area contributed by atoms with Crippen molar-refractivity contribution in [2.75, 3.05) is 46.6 Å². The van der Waals surface area contributed by atoms with Gasteiger partial charge in [-0.2, -0.15) is 0 Å². The Kier molecular flexibility index (Phi) is 14.9. The van der Waals surface area contributed by atoms with Crippen LogP contribution < -0.4 is 10.6 Å². The number of nitrogens with zero attached hydrogens (tertiary/aromatic N) is 1. The summed E-state index contributed by atoms with van der Waals surface area (Å²) in [6.45, 7) is 2.73. The number of ether oxygens (including phenoxy) is 6. The maximum absolute atomic E-state index is 12.8. The lowest BCUT2D eigenvalue weighted by Crippen LogP contribution is -2.61. The third-order valence-corrected chi connectivity index (χ3v) is 4.57. The Morgan fingerprint density at radius 3 is 1.30 bits per heavy atom. The highest BCUT2D eigenvalue weighted by Crippen LogP contribution is 2.20. The van der Waals surface area contributed by atoms with Crippen molar-refractivity contribution in [3.05, 3.63) is 0 Å². The Morgan fingerprint density at radius 2 is 0.950 bits per heavy atom. The van der Waals surface area contributed by atoms with Crippen LogP contribution >= 0.6 is 0 Å². The number of hydrogen-bond donors (Lipinski definition) is 2. The molecule has 0 atom stereocenters. The molecule has 0 saturated heterocycles. The van der Waals surface area contributed by atoms with E-state index < -0.39 is 98.6 Å². The van der Waals surface area contributed by atoms with Gasteiger partial charge < -0.3 is 33.7 Å². The van der Waals surface area contributed by atoms with Crippen LogP contribution in [0.1, 0.15) is 41.5 Å². The number of amides is 2. The summed E-state index contributed by atoms with van der Waals surface area (Å²) < 4.78 is 29.7. The van der Waals surface area contributed by atoms with Crippen LogP contribution in [-0.4, -0.2) is 111 Å². The largest absolute Gasteiger partial charge is 0.463 e. The maximum Gasteiger partial charge on any atom is 0.380 e. The van der Waals surface area contributed by atoms with E-state index in [1.807, 2.05) is 0 Å². The van der Waals surface area contributed by atoms with E-state index in [9.17, 15) is 38.4 Å². The molecule has 2 N–H and O–H groups in total. The number of rotatable bonds is 16. The third kappa shape index (κ3) is 14.0. The molecule has 0 aromatic carbocycles. The number of carbonyl (C=O) groups is 8. The zero-order valence-corrected chi connectivity index (χ0v) is 23.4. The van der Waals surface area contributed by atoms with Crippen molar-refractivity contribution < 1.29 is 66.8 Å². The molecular weight excluding hydrogens is 542 g/mol. The molecule has 0 aliphatic carbocycles. The van der Waals surface area contributed by atoms with Gasteiger partial charge in [-0.15, -0.1) is 0 Å². The minimum absolute atomic E-state index is 0.528. The van der Waals surface area contributed by atoms with E-state index in [1.54, 1.807) is 0 Å². The molecule has 0 spiro atoms. The average molecular weight is 578 g/mol. The number of carbonyl (C=O) groups excluding carboxylic acids is 8. The van der Waals surface area contributed by atoms with Gasteiger partial charge in [0.05, 0.1) is 13.1 Å².